The van der Waals surface area contributed by atoms with Crippen LogP contribution in [0.15, 0.2) is 0 Å². The van der Waals surface area contributed by atoms with Gasteiger partial charge in [0.2, 0.25) is 11.8 Å². The Bertz CT molecular complexity index is 250. The molecule has 0 spiro atoms. The van der Waals surface area contributed by atoms with Gasteiger partial charge in [0.25, 0.3) is 0 Å². The molecule has 92 valence electrons. The topological polar surface area (TPSA) is 49.4 Å². The van der Waals surface area contributed by atoms with Gasteiger partial charge in [-0.25, -0.2) is 0 Å². The zero-order chi connectivity index (χ0) is 12.0. The third-order valence-corrected chi connectivity index (χ3v) is 3.16. The minimum absolute atomic E-state index is 0.0462. The van der Waals surface area contributed by atoms with Crippen molar-refractivity contribution in [2.45, 2.75) is 26.2 Å². The Hall–Kier alpha value is -0.770. The molecule has 4 nitrogen and oxygen atoms in total. The third-order valence-electron chi connectivity index (χ3n) is 2.92. The Morgan fingerprint density at radius 1 is 1.38 bits per heavy atom. The molecule has 2 amide bonds. The van der Waals surface area contributed by atoms with E-state index in [0.717, 1.165) is 31.8 Å². The molecule has 0 saturated carbocycles. The van der Waals surface area contributed by atoms with Crippen LogP contribution >= 0.6 is 11.6 Å². The van der Waals surface area contributed by atoms with Crippen LogP contribution in [0.25, 0.3) is 0 Å². The molecule has 0 aromatic carbocycles. The second-order valence-electron chi connectivity index (χ2n) is 4.30. The van der Waals surface area contributed by atoms with Crippen LogP contribution in [0.1, 0.15) is 26.2 Å². The van der Waals surface area contributed by atoms with Gasteiger partial charge >= 0.3 is 0 Å². The highest BCUT2D eigenvalue weighted by atomic mass is 35.5. The lowest BCUT2D eigenvalue weighted by molar-refractivity contribution is -0.132. The predicted octanol–water partition coefficient (Wildman–Crippen LogP) is 0.990. The highest BCUT2D eigenvalue weighted by molar-refractivity contribution is 6.27. The fourth-order valence-corrected chi connectivity index (χ4v) is 1.87. The van der Waals surface area contributed by atoms with E-state index in [1.165, 1.54) is 0 Å². The maximum atomic E-state index is 11.7. The van der Waals surface area contributed by atoms with Crippen LogP contribution in [0.4, 0.5) is 0 Å². The molecule has 1 N–H and O–H groups in total. The van der Waals surface area contributed by atoms with Crippen LogP contribution in [0.5, 0.6) is 0 Å². The molecular formula is C11H19ClN2O2. The minimum Gasteiger partial charge on any atom is -0.355 e. The largest absolute Gasteiger partial charge is 0.355 e. The SMILES string of the molecule is CC1CCN(C(=O)CCNC(=O)CCl)CC1. The van der Waals surface area contributed by atoms with Crippen molar-refractivity contribution < 1.29 is 9.59 Å². The number of piperidine rings is 1. The summed E-state index contributed by atoms with van der Waals surface area (Å²) in [5.74, 6) is 0.582. The molecule has 16 heavy (non-hydrogen) atoms. The Labute approximate surface area is 101 Å². The van der Waals surface area contributed by atoms with E-state index in [9.17, 15) is 9.59 Å². The van der Waals surface area contributed by atoms with Gasteiger partial charge in [-0.2, -0.15) is 0 Å². The quantitative estimate of drug-likeness (QED) is 0.752. The maximum absolute atomic E-state index is 11.7. The van der Waals surface area contributed by atoms with Gasteiger partial charge in [0.05, 0.1) is 0 Å². The Kier molecular flexibility index (Phi) is 5.60. The molecule has 1 heterocycles. The Morgan fingerprint density at radius 2 is 2.00 bits per heavy atom. The molecule has 1 rings (SSSR count). The van der Waals surface area contributed by atoms with Crippen molar-refractivity contribution in [1.29, 1.82) is 0 Å². The summed E-state index contributed by atoms with van der Waals surface area (Å²) < 4.78 is 0. The monoisotopic (exact) mass is 246 g/mol. The van der Waals surface area contributed by atoms with Gasteiger partial charge in [0, 0.05) is 26.1 Å². The van der Waals surface area contributed by atoms with Crippen molar-refractivity contribution in [2.24, 2.45) is 5.92 Å². The molecule has 1 aliphatic rings. The summed E-state index contributed by atoms with van der Waals surface area (Å²) in [6, 6.07) is 0. The zero-order valence-electron chi connectivity index (χ0n) is 9.67. The van der Waals surface area contributed by atoms with Crippen molar-refractivity contribution in [3.63, 3.8) is 0 Å². The van der Waals surface area contributed by atoms with Crippen LogP contribution in [0.3, 0.4) is 0 Å². The summed E-state index contributed by atoms with van der Waals surface area (Å²) in [4.78, 5) is 24.4. The first-order chi connectivity index (χ1) is 7.63. The highest BCUT2D eigenvalue weighted by Crippen LogP contribution is 2.16. The number of alkyl halides is 1. The first-order valence-corrected chi connectivity index (χ1v) is 6.27. The van der Waals surface area contributed by atoms with Gasteiger partial charge in [0.1, 0.15) is 5.88 Å². The van der Waals surface area contributed by atoms with E-state index < -0.39 is 0 Å². The van der Waals surface area contributed by atoms with E-state index in [1.54, 1.807) is 0 Å². The lowest BCUT2D eigenvalue weighted by atomic mass is 9.99. The van der Waals surface area contributed by atoms with E-state index >= 15 is 0 Å². The summed E-state index contributed by atoms with van der Waals surface area (Å²) in [6.07, 6.45) is 2.54. The minimum atomic E-state index is -0.221. The van der Waals surface area contributed by atoms with Crippen molar-refractivity contribution in [3.05, 3.63) is 0 Å². The predicted molar refractivity (Wildman–Crippen MR) is 63.3 cm³/mol. The number of nitrogens with one attached hydrogen (secondary N) is 1. The maximum Gasteiger partial charge on any atom is 0.234 e. The average Bonchev–Trinajstić information content (AvgIpc) is 2.29. The van der Waals surface area contributed by atoms with Crippen LogP contribution in [-0.2, 0) is 9.59 Å². The first-order valence-electron chi connectivity index (χ1n) is 5.74. The normalized spacial score (nSPS) is 17.2. The molecule has 0 atom stereocenters. The second kappa shape index (κ2) is 6.74. The number of hydrogen-bond acceptors (Lipinski definition) is 2. The molecule has 0 radical (unpaired) electrons. The number of carbonyl (C=O) groups excluding carboxylic acids is 2. The number of amides is 2. The van der Waals surface area contributed by atoms with Crippen LogP contribution in [0, 0.1) is 5.92 Å². The Morgan fingerprint density at radius 3 is 2.56 bits per heavy atom. The zero-order valence-corrected chi connectivity index (χ0v) is 10.4. The second-order valence-corrected chi connectivity index (χ2v) is 4.56. The van der Waals surface area contributed by atoms with Crippen molar-refractivity contribution in [3.8, 4) is 0 Å². The molecule has 5 heteroatoms. The molecule has 0 aliphatic carbocycles. The standard InChI is InChI=1S/C11H19ClN2O2/c1-9-3-6-14(7-4-9)11(16)2-5-13-10(15)8-12/h9H,2-8H2,1H3,(H,13,15). The number of rotatable bonds is 4. The van der Waals surface area contributed by atoms with Gasteiger partial charge in [0.15, 0.2) is 0 Å². The third kappa shape index (κ3) is 4.39. The van der Waals surface area contributed by atoms with Gasteiger partial charge in [-0.1, -0.05) is 6.92 Å². The molecular weight excluding hydrogens is 228 g/mol. The lowest BCUT2D eigenvalue weighted by Crippen LogP contribution is -2.39. The smallest absolute Gasteiger partial charge is 0.234 e. The average molecular weight is 247 g/mol. The van der Waals surface area contributed by atoms with Gasteiger partial charge in [-0.3, -0.25) is 9.59 Å². The van der Waals surface area contributed by atoms with Gasteiger partial charge in [-0.15, -0.1) is 11.6 Å². The number of hydrogen-bond donors (Lipinski definition) is 1. The van der Waals surface area contributed by atoms with Crippen LogP contribution in [0.2, 0.25) is 0 Å². The van der Waals surface area contributed by atoms with Crippen LogP contribution < -0.4 is 5.32 Å². The van der Waals surface area contributed by atoms with Crippen molar-refractivity contribution >= 4 is 23.4 Å². The number of nitrogens with zero attached hydrogens (tertiary/aromatic N) is 1. The van der Waals surface area contributed by atoms with E-state index in [0.29, 0.717) is 13.0 Å². The van der Waals surface area contributed by atoms with Crippen molar-refractivity contribution in [2.75, 3.05) is 25.5 Å². The first kappa shape index (κ1) is 13.3. The number of carbonyl (C=O) groups is 2. The summed E-state index contributed by atoms with van der Waals surface area (Å²) >= 11 is 5.32. The molecule has 1 fully saturated rings. The summed E-state index contributed by atoms with van der Waals surface area (Å²) in [6.45, 7) is 4.30. The lowest BCUT2D eigenvalue weighted by Gasteiger charge is -2.30. The molecule has 0 bridgehead atoms. The van der Waals surface area contributed by atoms with Crippen LogP contribution in [-0.4, -0.2) is 42.2 Å². The molecule has 1 aliphatic heterocycles. The van der Waals surface area contributed by atoms with E-state index in [2.05, 4.69) is 12.2 Å². The molecule has 1 saturated heterocycles. The van der Waals surface area contributed by atoms with E-state index in [4.69, 9.17) is 11.6 Å². The molecule has 0 aromatic rings. The van der Waals surface area contributed by atoms with Crippen molar-refractivity contribution in [1.82, 2.24) is 10.2 Å². The number of halogens is 1. The molecule has 0 aromatic heterocycles. The summed E-state index contributed by atoms with van der Waals surface area (Å²) in [5, 5.41) is 2.59. The Balaban J connectivity index is 2.17. The van der Waals surface area contributed by atoms with Gasteiger partial charge in [-0.05, 0) is 18.8 Å². The van der Waals surface area contributed by atoms with Gasteiger partial charge < -0.3 is 10.2 Å². The summed E-state index contributed by atoms with van der Waals surface area (Å²) in [5.41, 5.74) is 0. The fourth-order valence-electron chi connectivity index (χ4n) is 1.77. The summed E-state index contributed by atoms with van der Waals surface area (Å²) in [7, 11) is 0. The highest BCUT2D eigenvalue weighted by Gasteiger charge is 2.19. The van der Waals surface area contributed by atoms with E-state index in [-0.39, 0.29) is 17.7 Å². The number of likely N-dealkylation sites (tertiary alicyclic amines) is 1. The molecule has 0 unspecified atom stereocenters. The fraction of sp³-hybridized carbons (Fsp3) is 0.818. The van der Waals surface area contributed by atoms with E-state index in [1.807, 2.05) is 4.90 Å².